The van der Waals surface area contributed by atoms with Gasteiger partial charge in [-0.25, -0.2) is 9.97 Å². The Morgan fingerprint density at radius 3 is 2.80 bits per heavy atom. The molecule has 0 atom stereocenters. The topological polar surface area (TPSA) is 67.1 Å². The number of nitrogens with two attached hydrogens (primary N) is 1. The zero-order chi connectivity index (χ0) is 10.7. The zero-order valence-corrected chi connectivity index (χ0v) is 9.17. The summed E-state index contributed by atoms with van der Waals surface area (Å²) in [5.41, 5.74) is 6.41. The van der Waals surface area contributed by atoms with Crippen molar-refractivity contribution in [3.05, 3.63) is 16.9 Å². The monoisotopic (exact) mass is 227 g/mol. The van der Waals surface area contributed by atoms with Gasteiger partial charge >= 0.3 is 0 Å². The average molecular weight is 228 g/mol. The molecule has 1 saturated heterocycles. The van der Waals surface area contributed by atoms with Gasteiger partial charge in [0.1, 0.15) is 5.15 Å². The summed E-state index contributed by atoms with van der Waals surface area (Å²) in [7, 11) is 0. The van der Waals surface area contributed by atoms with Crippen LogP contribution in [0.15, 0.2) is 6.07 Å². The Balaban J connectivity index is 2.02. The van der Waals surface area contributed by atoms with Crippen molar-refractivity contribution < 1.29 is 0 Å². The van der Waals surface area contributed by atoms with E-state index >= 15 is 0 Å². The van der Waals surface area contributed by atoms with Crippen LogP contribution in [-0.2, 0) is 6.54 Å². The molecule has 2 rings (SSSR count). The van der Waals surface area contributed by atoms with Crippen LogP contribution in [0.2, 0.25) is 5.15 Å². The van der Waals surface area contributed by atoms with Gasteiger partial charge in [-0.2, -0.15) is 0 Å². The maximum atomic E-state index is 5.81. The van der Waals surface area contributed by atoms with E-state index in [9.17, 15) is 0 Å². The molecule has 1 aliphatic rings. The van der Waals surface area contributed by atoms with Crippen LogP contribution in [0.3, 0.4) is 0 Å². The number of piperazine rings is 1. The Morgan fingerprint density at radius 1 is 1.40 bits per heavy atom. The first-order chi connectivity index (χ1) is 7.24. The molecule has 0 aliphatic carbocycles. The highest BCUT2D eigenvalue weighted by molar-refractivity contribution is 6.29. The number of rotatable bonds is 2. The highest BCUT2D eigenvalue weighted by Gasteiger charge is 2.11. The number of nitrogens with zero attached hydrogens (tertiary/aromatic N) is 3. The number of nitrogens with one attached hydrogen (secondary N) is 1. The molecule has 0 radical (unpaired) electrons. The standard InChI is InChI=1S/C9H14ClN5/c10-8-5-7(13-9(11)14-8)6-15-3-1-12-2-4-15/h5,12H,1-4,6H2,(H2,11,13,14). The van der Waals surface area contributed by atoms with Crippen LogP contribution in [0, 0.1) is 0 Å². The summed E-state index contributed by atoms with van der Waals surface area (Å²) in [5.74, 6) is 0.243. The highest BCUT2D eigenvalue weighted by Crippen LogP contribution is 2.10. The Labute approximate surface area is 93.6 Å². The van der Waals surface area contributed by atoms with E-state index in [1.807, 2.05) is 0 Å². The molecule has 1 aromatic rings. The molecule has 0 saturated carbocycles. The lowest BCUT2D eigenvalue weighted by atomic mass is 10.3. The van der Waals surface area contributed by atoms with Gasteiger partial charge in [-0.15, -0.1) is 0 Å². The minimum atomic E-state index is 0.243. The Kier molecular flexibility index (Phi) is 3.35. The van der Waals surface area contributed by atoms with Gasteiger partial charge in [0.2, 0.25) is 5.95 Å². The predicted octanol–water partition coefficient (Wildman–Crippen LogP) is 0.117. The lowest BCUT2D eigenvalue weighted by Crippen LogP contribution is -2.43. The first-order valence-electron chi connectivity index (χ1n) is 4.96. The molecular weight excluding hydrogens is 214 g/mol. The normalized spacial score (nSPS) is 17.9. The molecule has 3 N–H and O–H groups in total. The van der Waals surface area contributed by atoms with E-state index in [1.165, 1.54) is 0 Å². The third kappa shape index (κ3) is 3.02. The van der Waals surface area contributed by atoms with Crippen molar-refractivity contribution in [2.24, 2.45) is 0 Å². The molecule has 0 unspecified atom stereocenters. The molecule has 6 heteroatoms. The fourth-order valence-electron chi connectivity index (χ4n) is 1.66. The van der Waals surface area contributed by atoms with E-state index in [0.717, 1.165) is 38.4 Å². The van der Waals surface area contributed by atoms with Gasteiger partial charge in [0.15, 0.2) is 0 Å². The smallest absolute Gasteiger partial charge is 0.221 e. The zero-order valence-electron chi connectivity index (χ0n) is 8.41. The number of nitrogen functional groups attached to an aromatic ring is 1. The summed E-state index contributed by atoms with van der Waals surface area (Å²) in [6.45, 7) is 4.89. The SMILES string of the molecule is Nc1nc(Cl)cc(CN2CCNCC2)n1. The summed E-state index contributed by atoms with van der Waals surface area (Å²) < 4.78 is 0. The summed E-state index contributed by atoms with van der Waals surface area (Å²) in [5, 5.41) is 3.71. The van der Waals surface area contributed by atoms with Gasteiger partial charge in [-0.05, 0) is 6.07 Å². The van der Waals surface area contributed by atoms with Gasteiger partial charge in [-0.3, -0.25) is 4.90 Å². The van der Waals surface area contributed by atoms with E-state index in [4.69, 9.17) is 17.3 Å². The lowest BCUT2D eigenvalue weighted by molar-refractivity contribution is 0.231. The number of hydrogen-bond donors (Lipinski definition) is 2. The van der Waals surface area contributed by atoms with Crippen LogP contribution in [-0.4, -0.2) is 41.0 Å². The predicted molar refractivity (Wildman–Crippen MR) is 59.6 cm³/mol. The van der Waals surface area contributed by atoms with E-state index < -0.39 is 0 Å². The van der Waals surface area contributed by atoms with Crippen molar-refractivity contribution in [1.82, 2.24) is 20.2 Å². The van der Waals surface area contributed by atoms with Crippen LogP contribution in [0.25, 0.3) is 0 Å². The van der Waals surface area contributed by atoms with Crippen LogP contribution in [0.1, 0.15) is 5.69 Å². The van der Waals surface area contributed by atoms with E-state index in [0.29, 0.717) is 5.15 Å². The lowest BCUT2D eigenvalue weighted by Gasteiger charge is -2.26. The van der Waals surface area contributed by atoms with E-state index in [-0.39, 0.29) is 5.95 Å². The second-order valence-electron chi connectivity index (χ2n) is 3.57. The molecule has 1 aromatic heterocycles. The Morgan fingerprint density at radius 2 is 2.13 bits per heavy atom. The molecule has 0 bridgehead atoms. The summed E-state index contributed by atoms with van der Waals surface area (Å²) >= 11 is 5.81. The number of hydrogen-bond acceptors (Lipinski definition) is 5. The number of aromatic nitrogens is 2. The number of anilines is 1. The molecular formula is C9H14ClN5. The summed E-state index contributed by atoms with van der Waals surface area (Å²) in [6.07, 6.45) is 0. The van der Waals surface area contributed by atoms with Crippen molar-refractivity contribution in [2.75, 3.05) is 31.9 Å². The van der Waals surface area contributed by atoms with Crippen molar-refractivity contribution in [2.45, 2.75) is 6.54 Å². The van der Waals surface area contributed by atoms with Crippen LogP contribution in [0.5, 0.6) is 0 Å². The molecule has 1 aliphatic heterocycles. The highest BCUT2D eigenvalue weighted by atomic mass is 35.5. The third-order valence-corrected chi connectivity index (χ3v) is 2.55. The Bertz CT molecular complexity index is 317. The van der Waals surface area contributed by atoms with Crippen molar-refractivity contribution >= 4 is 17.5 Å². The van der Waals surface area contributed by atoms with Crippen molar-refractivity contribution in [3.63, 3.8) is 0 Å². The molecule has 0 spiro atoms. The van der Waals surface area contributed by atoms with Crippen molar-refractivity contribution in [1.29, 1.82) is 0 Å². The van der Waals surface area contributed by atoms with E-state index in [2.05, 4.69) is 20.2 Å². The van der Waals surface area contributed by atoms with Crippen LogP contribution in [0.4, 0.5) is 5.95 Å². The molecule has 1 fully saturated rings. The Hall–Kier alpha value is -0.910. The molecule has 0 aromatic carbocycles. The maximum Gasteiger partial charge on any atom is 0.221 e. The molecule has 0 amide bonds. The second kappa shape index (κ2) is 4.74. The van der Waals surface area contributed by atoms with Crippen molar-refractivity contribution in [3.8, 4) is 0 Å². The minimum Gasteiger partial charge on any atom is -0.368 e. The third-order valence-electron chi connectivity index (χ3n) is 2.36. The fourth-order valence-corrected chi connectivity index (χ4v) is 1.88. The maximum absolute atomic E-state index is 5.81. The number of halogens is 1. The quantitative estimate of drug-likeness (QED) is 0.703. The minimum absolute atomic E-state index is 0.243. The van der Waals surface area contributed by atoms with Gasteiger partial charge < -0.3 is 11.1 Å². The van der Waals surface area contributed by atoms with E-state index in [1.54, 1.807) is 6.07 Å². The first kappa shape index (κ1) is 10.6. The van der Waals surface area contributed by atoms with Gasteiger partial charge in [-0.1, -0.05) is 11.6 Å². The summed E-state index contributed by atoms with van der Waals surface area (Å²) in [4.78, 5) is 10.3. The molecule has 15 heavy (non-hydrogen) atoms. The average Bonchev–Trinajstić information content (AvgIpc) is 2.17. The molecule has 82 valence electrons. The second-order valence-corrected chi connectivity index (χ2v) is 3.95. The first-order valence-corrected chi connectivity index (χ1v) is 5.34. The summed E-state index contributed by atoms with van der Waals surface area (Å²) in [6, 6.07) is 1.76. The van der Waals surface area contributed by atoms with Gasteiger partial charge in [0.05, 0.1) is 5.69 Å². The van der Waals surface area contributed by atoms with Crippen LogP contribution >= 0.6 is 11.6 Å². The largest absolute Gasteiger partial charge is 0.368 e. The molecule has 2 heterocycles. The van der Waals surface area contributed by atoms with Gasteiger partial charge in [0.25, 0.3) is 0 Å². The molecule has 5 nitrogen and oxygen atoms in total. The van der Waals surface area contributed by atoms with Crippen LogP contribution < -0.4 is 11.1 Å². The fraction of sp³-hybridized carbons (Fsp3) is 0.556. The van der Waals surface area contributed by atoms with Gasteiger partial charge in [0, 0.05) is 32.7 Å².